The van der Waals surface area contributed by atoms with E-state index in [2.05, 4.69) is 25.3 Å². The molecule has 1 saturated carbocycles. The fourth-order valence-electron chi connectivity index (χ4n) is 5.29. The number of likely N-dealkylation sites (tertiary alicyclic amines) is 1. The van der Waals surface area contributed by atoms with Gasteiger partial charge in [0.05, 0.1) is 17.0 Å². The maximum atomic E-state index is 13.7. The van der Waals surface area contributed by atoms with Gasteiger partial charge in [0.2, 0.25) is 5.92 Å². The summed E-state index contributed by atoms with van der Waals surface area (Å²) in [7, 11) is 0. The highest BCUT2D eigenvalue weighted by atomic mass is 19.3. The Labute approximate surface area is 199 Å². The van der Waals surface area contributed by atoms with Crippen LogP contribution >= 0.6 is 0 Å². The first-order valence-corrected chi connectivity index (χ1v) is 12.4. The monoisotopic (exact) mass is 475 g/mol. The van der Waals surface area contributed by atoms with E-state index in [1.54, 1.807) is 4.90 Å². The molecule has 2 heterocycles. The molecule has 2 fully saturated rings. The molecule has 8 heteroatoms. The minimum atomic E-state index is -2.55. The summed E-state index contributed by atoms with van der Waals surface area (Å²) in [6.45, 7) is 7.89. The molecule has 4 rings (SSSR count). The summed E-state index contributed by atoms with van der Waals surface area (Å²) in [6, 6.07) is 5.54. The van der Waals surface area contributed by atoms with E-state index in [-0.39, 0.29) is 30.1 Å². The molecule has 2 aromatic rings. The fraction of sp³-hybridized carbons (Fsp3) is 0.654. The van der Waals surface area contributed by atoms with Crippen molar-refractivity contribution in [1.29, 1.82) is 0 Å². The summed E-state index contributed by atoms with van der Waals surface area (Å²) in [5.41, 5.74) is 1.96. The van der Waals surface area contributed by atoms with Crippen LogP contribution in [-0.4, -0.2) is 50.4 Å². The van der Waals surface area contributed by atoms with Crippen LogP contribution in [0.15, 0.2) is 18.2 Å². The average Bonchev–Trinajstić information content (AvgIpc) is 2.95. The van der Waals surface area contributed by atoms with Crippen LogP contribution in [0.1, 0.15) is 81.9 Å². The summed E-state index contributed by atoms with van der Waals surface area (Å²) >= 11 is 0. The number of hydrogen-bond acceptors (Lipinski definition) is 3. The highest BCUT2D eigenvalue weighted by Crippen LogP contribution is 2.38. The van der Waals surface area contributed by atoms with E-state index >= 15 is 0 Å². The van der Waals surface area contributed by atoms with Crippen molar-refractivity contribution in [1.82, 2.24) is 14.5 Å². The zero-order valence-electron chi connectivity index (χ0n) is 20.3. The maximum Gasteiger partial charge on any atom is 0.306 e. The van der Waals surface area contributed by atoms with Gasteiger partial charge in [0.25, 0.3) is 5.91 Å². The van der Waals surface area contributed by atoms with E-state index in [1.165, 1.54) is 0 Å². The van der Waals surface area contributed by atoms with Crippen molar-refractivity contribution >= 4 is 22.9 Å². The lowest BCUT2D eigenvalue weighted by molar-refractivity contribution is -0.142. The van der Waals surface area contributed by atoms with Crippen LogP contribution in [0.2, 0.25) is 0 Å². The van der Waals surface area contributed by atoms with E-state index in [1.807, 2.05) is 18.2 Å². The molecule has 1 unspecified atom stereocenters. The average molecular weight is 476 g/mol. The van der Waals surface area contributed by atoms with Gasteiger partial charge in [-0.2, -0.15) is 0 Å². The molecule has 1 aromatic carbocycles. The van der Waals surface area contributed by atoms with E-state index in [4.69, 9.17) is 4.98 Å². The number of carboxylic acid groups (broad SMARTS) is 1. The van der Waals surface area contributed by atoms with Crippen molar-refractivity contribution in [2.45, 2.75) is 83.6 Å². The van der Waals surface area contributed by atoms with Crippen molar-refractivity contribution < 1.29 is 23.5 Å². The first-order valence-electron chi connectivity index (χ1n) is 12.4. The molecule has 0 bridgehead atoms. The molecule has 0 radical (unpaired) electrons. The predicted octanol–water partition coefficient (Wildman–Crippen LogP) is 5.49. The van der Waals surface area contributed by atoms with E-state index < -0.39 is 17.8 Å². The van der Waals surface area contributed by atoms with Crippen molar-refractivity contribution in [2.24, 2.45) is 11.8 Å². The van der Waals surface area contributed by atoms with E-state index in [0.29, 0.717) is 57.3 Å². The number of fused-ring (bicyclic) bond motifs is 1. The van der Waals surface area contributed by atoms with Gasteiger partial charge in [0, 0.05) is 43.5 Å². The second-order valence-corrected chi connectivity index (χ2v) is 11.1. The third-order valence-corrected chi connectivity index (χ3v) is 7.31. The number of carbonyl (C=O) groups excluding carboxylic acids is 1. The molecular weight excluding hydrogens is 440 g/mol. The van der Waals surface area contributed by atoms with Crippen molar-refractivity contribution in [3.8, 4) is 0 Å². The smallest absolute Gasteiger partial charge is 0.306 e. The molecular formula is C26H35F2N3O3. The maximum absolute atomic E-state index is 13.7. The second-order valence-electron chi connectivity index (χ2n) is 11.1. The van der Waals surface area contributed by atoms with Gasteiger partial charge >= 0.3 is 5.97 Å². The van der Waals surface area contributed by atoms with Crippen molar-refractivity contribution in [3.05, 3.63) is 29.6 Å². The van der Waals surface area contributed by atoms with Gasteiger partial charge in [-0.3, -0.25) is 9.59 Å². The lowest BCUT2D eigenvalue weighted by Crippen LogP contribution is -2.32. The lowest BCUT2D eigenvalue weighted by Gasteiger charge is -2.30. The molecule has 186 valence electrons. The molecule has 1 amide bonds. The SMILES string of the molecule is CC(C)(C)c1nc2cc(C(=O)N3CCCC(C(=O)O)CC3)ccc2n1CC1CCC(F)(F)CC1. The van der Waals surface area contributed by atoms with Crippen LogP contribution in [0.4, 0.5) is 8.78 Å². The number of carboxylic acids is 1. The zero-order chi connectivity index (χ0) is 24.7. The van der Waals surface area contributed by atoms with Gasteiger partial charge in [-0.15, -0.1) is 0 Å². The van der Waals surface area contributed by atoms with Crippen LogP contribution in [0, 0.1) is 11.8 Å². The topological polar surface area (TPSA) is 75.4 Å². The Balaban J connectivity index is 1.59. The lowest BCUT2D eigenvalue weighted by atomic mass is 9.86. The largest absolute Gasteiger partial charge is 0.481 e. The summed E-state index contributed by atoms with van der Waals surface area (Å²) in [5, 5.41) is 9.31. The Kier molecular flexibility index (Phi) is 6.71. The molecule has 1 aliphatic carbocycles. The molecule has 0 spiro atoms. The van der Waals surface area contributed by atoms with Crippen LogP contribution in [0.25, 0.3) is 11.0 Å². The number of hydrogen-bond donors (Lipinski definition) is 1. The molecule has 34 heavy (non-hydrogen) atoms. The molecule has 1 saturated heterocycles. The Hall–Kier alpha value is -2.51. The van der Waals surface area contributed by atoms with E-state index in [9.17, 15) is 23.5 Å². The number of carbonyl (C=O) groups is 2. The third-order valence-electron chi connectivity index (χ3n) is 7.31. The minimum Gasteiger partial charge on any atom is -0.481 e. The number of nitrogens with zero attached hydrogens (tertiary/aromatic N) is 3. The first kappa shape index (κ1) is 24.6. The number of amides is 1. The first-order chi connectivity index (χ1) is 15.9. The fourth-order valence-corrected chi connectivity index (χ4v) is 5.29. The Bertz CT molecular complexity index is 1060. The number of aromatic nitrogens is 2. The van der Waals surface area contributed by atoms with Gasteiger partial charge in [-0.05, 0) is 56.2 Å². The van der Waals surface area contributed by atoms with Crippen LogP contribution in [-0.2, 0) is 16.8 Å². The second kappa shape index (κ2) is 9.27. The number of benzene rings is 1. The third kappa shape index (κ3) is 5.26. The number of alkyl halides is 2. The molecule has 2 aliphatic rings. The molecule has 1 aromatic heterocycles. The van der Waals surface area contributed by atoms with Crippen LogP contribution < -0.4 is 0 Å². The highest BCUT2D eigenvalue weighted by molar-refractivity contribution is 5.97. The summed E-state index contributed by atoms with van der Waals surface area (Å²) in [5.74, 6) is -2.77. The highest BCUT2D eigenvalue weighted by Gasteiger charge is 2.36. The van der Waals surface area contributed by atoms with Gasteiger partial charge in [0.1, 0.15) is 5.82 Å². The number of halogens is 2. The molecule has 1 N–H and O–H groups in total. The van der Waals surface area contributed by atoms with E-state index in [0.717, 1.165) is 16.9 Å². The van der Waals surface area contributed by atoms with Crippen molar-refractivity contribution in [2.75, 3.05) is 13.1 Å². The zero-order valence-corrected chi connectivity index (χ0v) is 20.3. The number of aliphatic carboxylic acids is 1. The minimum absolute atomic E-state index is 0.0631. The normalized spacial score (nSPS) is 22.0. The standard InChI is InChI=1S/C26H35F2N3O3/c1-25(2,3)24-29-20-15-19(22(32)30-13-4-5-18(10-14-30)23(33)34)6-7-21(20)31(24)16-17-8-11-26(27,28)12-9-17/h6-7,15,17-18H,4-5,8-14,16H2,1-3H3,(H,33,34). The predicted molar refractivity (Wildman–Crippen MR) is 126 cm³/mol. The molecule has 1 atom stereocenters. The number of rotatable bonds is 4. The molecule has 6 nitrogen and oxygen atoms in total. The Morgan fingerprint density at radius 3 is 2.47 bits per heavy atom. The summed E-state index contributed by atoms with van der Waals surface area (Å²) in [4.78, 5) is 31.2. The van der Waals surface area contributed by atoms with Gasteiger partial charge in [0.15, 0.2) is 0 Å². The quantitative estimate of drug-likeness (QED) is 0.635. The Morgan fingerprint density at radius 2 is 1.82 bits per heavy atom. The van der Waals surface area contributed by atoms with Gasteiger partial charge < -0.3 is 14.6 Å². The van der Waals surface area contributed by atoms with Gasteiger partial charge in [-0.1, -0.05) is 20.8 Å². The van der Waals surface area contributed by atoms with Crippen LogP contribution in [0.5, 0.6) is 0 Å². The Morgan fingerprint density at radius 1 is 1.12 bits per heavy atom. The number of imidazole rings is 1. The van der Waals surface area contributed by atoms with Crippen LogP contribution in [0.3, 0.4) is 0 Å². The molecule has 1 aliphatic heterocycles. The van der Waals surface area contributed by atoms with Crippen molar-refractivity contribution in [3.63, 3.8) is 0 Å². The summed E-state index contributed by atoms with van der Waals surface area (Å²) < 4.78 is 29.5. The summed E-state index contributed by atoms with van der Waals surface area (Å²) in [6.07, 6.45) is 2.60. The van der Waals surface area contributed by atoms with Gasteiger partial charge in [-0.25, -0.2) is 13.8 Å².